The number of aryl methyl sites for hydroxylation is 1. The summed E-state index contributed by atoms with van der Waals surface area (Å²) in [6.07, 6.45) is 1.69. The zero-order chi connectivity index (χ0) is 14.4. The largest absolute Gasteiger partial charge is 0.464 e. The van der Waals surface area contributed by atoms with Crippen LogP contribution in [0.3, 0.4) is 0 Å². The number of aromatic nitrogens is 2. The van der Waals surface area contributed by atoms with E-state index in [1.807, 2.05) is 37.3 Å². The highest BCUT2D eigenvalue weighted by molar-refractivity contribution is 7.18. The molecule has 21 heavy (non-hydrogen) atoms. The van der Waals surface area contributed by atoms with E-state index in [1.165, 1.54) is 4.88 Å². The predicted molar refractivity (Wildman–Crippen MR) is 85.2 cm³/mol. The van der Waals surface area contributed by atoms with Crippen LogP contribution in [0.1, 0.15) is 4.88 Å². The lowest BCUT2D eigenvalue weighted by molar-refractivity contribution is 0.616. The first-order valence-corrected chi connectivity index (χ1v) is 7.29. The lowest BCUT2D eigenvalue weighted by Gasteiger charge is -2.03. The van der Waals surface area contributed by atoms with Crippen LogP contribution in [0.25, 0.3) is 32.6 Å². The summed E-state index contributed by atoms with van der Waals surface area (Å²) in [6, 6.07) is 9.87. The van der Waals surface area contributed by atoms with Gasteiger partial charge in [-0.15, -0.1) is 11.3 Å². The zero-order valence-corrected chi connectivity index (χ0v) is 12.1. The van der Waals surface area contributed by atoms with E-state index in [-0.39, 0.29) is 0 Å². The summed E-state index contributed by atoms with van der Waals surface area (Å²) in [4.78, 5) is 11.3. The van der Waals surface area contributed by atoms with Gasteiger partial charge in [0.05, 0.1) is 10.9 Å². The molecular weight excluding hydrogens is 284 g/mol. The van der Waals surface area contributed by atoms with E-state index in [9.17, 15) is 0 Å². The molecular formula is C15H12N4OS. The molecule has 0 aliphatic rings. The van der Waals surface area contributed by atoms with E-state index in [0.717, 1.165) is 26.7 Å². The van der Waals surface area contributed by atoms with Gasteiger partial charge in [-0.3, -0.25) is 0 Å². The minimum absolute atomic E-state index is 0.613. The summed E-state index contributed by atoms with van der Waals surface area (Å²) in [5.41, 5.74) is 4.35. The Hall–Kier alpha value is -2.44. The van der Waals surface area contributed by atoms with Gasteiger partial charge in [-0.05, 0) is 19.1 Å². The molecule has 3 aromatic heterocycles. The van der Waals surface area contributed by atoms with Gasteiger partial charge in [-0.1, -0.05) is 18.2 Å². The number of furan rings is 1. The number of nitrogens with zero attached hydrogens (tertiary/aromatic N) is 2. The number of nitrogen functional groups attached to an aromatic ring is 1. The van der Waals surface area contributed by atoms with Gasteiger partial charge in [-0.2, -0.15) is 0 Å². The fraction of sp³-hybridized carbons (Fsp3) is 0.0667. The Morgan fingerprint density at radius 3 is 2.90 bits per heavy atom. The third kappa shape index (κ3) is 1.88. The van der Waals surface area contributed by atoms with Crippen molar-refractivity contribution in [3.63, 3.8) is 0 Å². The number of hydrogen-bond donors (Lipinski definition) is 2. The van der Waals surface area contributed by atoms with Gasteiger partial charge in [0.2, 0.25) is 0 Å². The highest BCUT2D eigenvalue weighted by Crippen LogP contribution is 2.33. The van der Waals surface area contributed by atoms with E-state index in [1.54, 1.807) is 17.6 Å². The highest BCUT2D eigenvalue weighted by Gasteiger charge is 2.15. The average Bonchev–Trinajstić information content (AvgIpc) is 3.08. The van der Waals surface area contributed by atoms with Crippen molar-refractivity contribution in [1.29, 1.82) is 0 Å². The molecule has 4 aromatic rings. The number of para-hydroxylation sites is 1. The molecule has 0 aliphatic carbocycles. The first kappa shape index (κ1) is 12.3. The molecule has 0 saturated carbocycles. The van der Waals surface area contributed by atoms with Crippen LogP contribution in [0, 0.1) is 6.92 Å². The minimum atomic E-state index is 0.613. The Labute approximate surface area is 124 Å². The fourth-order valence-corrected chi connectivity index (χ4v) is 3.30. The van der Waals surface area contributed by atoms with Crippen molar-refractivity contribution in [3.8, 4) is 11.4 Å². The molecule has 0 amide bonds. The number of anilines is 1. The number of rotatable bonds is 2. The highest BCUT2D eigenvalue weighted by atomic mass is 32.1. The normalized spacial score (nSPS) is 11.3. The van der Waals surface area contributed by atoms with Crippen molar-refractivity contribution in [1.82, 2.24) is 9.97 Å². The molecule has 0 aliphatic heterocycles. The third-order valence-corrected chi connectivity index (χ3v) is 4.32. The number of thiophene rings is 1. The van der Waals surface area contributed by atoms with Crippen LogP contribution in [0.4, 0.5) is 5.82 Å². The molecule has 104 valence electrons. The van der Waals surface area contributed by atoms with Gasteiger partial charge in [0, 0.05) is 10.3 Å². The van der Waals surface area contributed by atoms with Crippen molar-refractivity contribution >= 4 is 38.3 Å². The monoisotopic (exact) mass is 296 g/mol. The molecule has 0 unspecified atom stereocenters. The summed E-state index contributed by atoms with van der Waals surface area (Å²) in [5, 5.41) is 1.93. The quantitative estimate of drug-likeness (QED) is 0.435. The fourth-order valence-electron chi connectivity index (χ4n) is 2.42. The van der Waals surface area contributed by atoms with Gasteiger partial charge in [-0.25, -0.2) is 15.8 Å². The topological polar surface area (TPSA) is 77.0 Å². The number of nitrogens with one attached hydrogen (secondary N) is 1. The third-order valence-electron chi connectivity index (χ3n) is 3.37. The molecule has 0 atom stereocenters. The van der Waals surface area contributed by atoms with Gasteiger partial charge in [0.1, 0.15) is 16.7 Å². The van der Waals surface area contributed by atoms with Crippen molar-refractivity contribution in [2.75, 3.05) is 5.43 Å². The smallest absolute Gasteiger partial charge is 0.167 e. The molecule has 1 aromatic carbocycles. The van der Waals surface area contributed by atoms with Crippen molar-refractivity contribution < 1.29 is 4.42 Å². The van der Waals surface area contributed by atoms with Gasteiger partial charge in [0.25, 0.3) is 0 Å². The molecule has 3 N–H and O–H groups in total. The van der Waals surface area contributed by atoms with E-state index < -0.39 is 0 Å². The number of hydrogen-bond acceptors (Lipinski definition) is 6. The Morgan fingerprint density at radius 1 is 1.19 bits per heavy atom. The Bertz CT molecular complexity index is 957. The van der Waals surface area contributed by atoms with E-state index in [4.69, 9.17) is 10.3 Å². The second-order valence-corrected chi connectivity index (χ2v) is 6.00. The van der Waals surface area contributed by atoms with Crippen LogP contribution >= 0.6 is 11.3 Å². The summed E-state index contributed by atoms with van der Waals surface area (Å²) in [7, 11) is 0. The second kappa shape index (κ2) is 4.54. The molecule has 0 bridgehead atoms. The van der Waals surface area contributed by atoms with Gasteiger partial charge < -0.3 is 9.84 Å². The molecule has 4 rings (SSSR count). The second-order valence-electron chi connectivity index (χ2n) is 4.76. The SMILES string of the molecule is Cc1cc2c(NN)nc(-c3coc4ccccc34)nc2s1. The maximum absolute atomic E-state index is 5.60. The number of hydrazine groups is 1. The lowest BCUT2D eigenvalue weighted by Crippen LogP contribution is -2.09. The first-order valence-electron chi connectivity index (χ1n) is 6.47. The average molecular weight is 296 g/mol. The molecule has 0 fully saturated rings. The van der Waals surface area contributed by atoms with E-state index in [0.29, 0.717) is 11.6 Å². The van der Waals surface area contributed by atoms with Gasteiger partial charge in [0.15, 0.2) is 11.6 Å². The van der Waals surface area contributed by atoms with Gasteiger partial charge >= 0.3 is 0 Å². The molecule has 6 heteroatoms. The predicted octanol–water partition coefficient (Wildman–Crippen LogP) is 3.70. The van der Waals surface area contributed by atoms with E-state index in [2.05, 4.69) is 15.4 Å². The maximum Gasteiger partial charge on any atom is 0.167 e. The summed E-state index contributed by atoms with van der Waals surface area (Å²) in [5.74, 6) is 6.84. The molecule has 3 heterocycles. The van der Waals surface area contributed by atoms with Crippen molar-refractivity contribution in [2.45, 2.75) is 6.92 Å². The first-order chi connectivity index (χ1) is 10.3. The number of nitrogens with two attached hydrogens (primary N) is 1. The maximum atomic E-state index is 5.60. The molecule has 0 saturated heterocycles. The summed E-state index contributed by atoms with van der Waals surface area (Å²) in [6.45, 7) is 2.04. The van der Waals surface area contributed by atoms with Crippen LogP contribution in [-0.4, -0.2) is 9.97 Å². The minimum Gasteiger partial charge on any atom is -0.464 e. The zero-order valence-electron chi connectivity index (χ0n) is 11.3. The Kier molecular flexibility index (Phi) is 2.66. The molecule has 0 spiro atoms. The Morgan fingerprint density at radius 2 is 2.05 bits per heavy atom. The standard InChI is InChI=1S/C15H12N4OS/c1-8-6-10-14(19-16)17-13(18-15(10)21-8)11-7-20-12-5-3-2-4-9(11)12/h2-7H,16H2,1H3,(H,17,18,19). The number of benzene rings is 1. The van der Waals surface area contributed by atoms with E-state index >= 15 is 0 Å². The lowest BCUT2D eigenvalue weighted by atomic mass is 10.1. The van der Waals surface area contributed by atoms with Crippen LogP contribution in [0.5, 0.6) is 0 Å². The van der Waals surface area contributed by atoms with Crippen molar-refractivity contribution in [2.24, 2.45) is 5.84 Å². The number of fused-ring (bicyclic) bond motifs is 2. The summed E-state index contributed by atoms with van der Waals surface area (Å²) >= 11 is 1.62. The Balaban J connectivity index is 2.01. The van der Waals surface area contributed by atoms with Crippen LogP contribution < -0.4 is 11.3 Å². The van der Waals surface area contributed by atoms with Crippen LogP contribution in [0.2, 0.25) is 0 Å². The van der Waals surface area contributed by atoms with Crippen LogP contribution in [-0.2, 0) is 0 Å². The summed E-state index contributed by atoms with van der Waals surface area (Å²) < 4.78 is 5.57. The molecule has 0 radical (unpaired) electrons. The molecule has 5 nitrogen and oxygen atoms in total. The van der Waals surface area contributed by atoms with Crippen LogP contribution in [0.15, 0.2) is 41.0 Å². The van der Waals surface area contributed by atoms with Crippen molar-refractivity contribution in [3.05, 3.63) is 41.5 Å².